The van der Waals surface area contributed by atoms with Crippen molar-refractivity contribution in [2.75, 3.05) is 0 Å². The van der Waals surface area contributed by atoms with Gasteiger partial charge in [-0.05, 0) is 46.1 Å². The zero-order valence-corrected chi connectivity index (χ0v) is 9.31. The molecule has 14 heavy (non-hydrogen) atoms. The average Bonchev–Trinajstić information content (AvgIpc) is 2.25. The number of ketones is 1. The Labute approximate surface area is 86.6 Å². The van der Waals surface area contributed by atoms with Crippen LogP contribution in [-0.4, -0.2) is 5.78 Å². The Morgan fingerprint density at radius 1 is 1.21 bits per heavy atom. The molecule has 0 aromatic heterocycles. The summed E-state index contributed by atoms with van der Waals surface area (Å²) < 4.78 is 0. The van der Waals surface area contributed by atoms with Crippen molar-refractivity contribution in [3.05, 3.63) is 11.6 Å². The Morgan fingerprint density at radius 2 is 1.86 bits per heavy atom. The highest BCUT2D eigenvalue weighted by Crippen LogP contribution is 2.16. The molecule has 0 atom stereocenters. The lowest BCUT2D eigenvalue weighted by atomic mass is 9.97. The summed E-state index contributed by atoms with van der Waals surface area (Å²) in [5.74, 6) is 6.53. The molecule has 0 radical (unpaired) electrons. The number of hydrogen-bond donors (Lipinski definition) is 0. The largest absolute Gasteiger partial charge is 0.295 e. The smallest absolute Gasteiger partial charge is 0.156 e. The van der Waals surface area contributed by atoms with Gasteiger partial charge in [-0.25, -0.2) is 0 Å². The molecule has 1 aliphatic carbocycles. The quantitative estimate of drug-likeness (QED) is 0.536. The van der Waals surface area contributed by atoms with E-state index in [4.69, 9.17) is 0 Å². The molecule has 0 amide bonds. The zero-order valence-electron chi connectivity index (χ0n) is 9.31. The lowest BCUT2D eigenvalue weighted by Gasteiger charge is -2.07. The van der Waals surface area contributed by atoms with Gasteiger partial charge in [0.1, 0.15) is 0 Å². The molecule has 0 fully saturated rings. The van der Waals surface area contributed by atoms with E-state index in [2.05, 4.69) is 32.6 Å². The summed E-state index contributed by atoms with van der Waals surface area (Å²) in [5.41, 5.74) is 1.04. The summed E-state index contributed by atoms with van der Waals surface area (Å²) in [7, 11) is 0. The molecule has 1 nitrogen and oxygen atoms in total. The van der Waals surface area contributed by atoms with Gasteiger partial charge in [0.25, 0.3) is 0 Å². The first-order chi connectivity index (χ1) is 6.47. The molecular weight excluding hydrogens is 172 g/mol. The van der Waals surface area contributed by atoms with E-state index >= 15 is 0 Å². The predicted octanol–water partition coefficient (Wildman–Crippen LogP) is 3.11. The summed E-state index contributed by atoms with van der Waals surface area (Å²) in [4.78, 5) is 11.3. The lowest BCUT2D eigenvalue weighted by Crippen LogP contribution is -1.99. The van der Waals surface area contributed by atoms with Gasteiger partial charge >= 0.3 is 0 Å². The van der Waals surface area contributed by atoms with E-state index < -0.39 is 0 Å². The zero-order chi connectivity index (χ0) is 10.6. The summed E-state index contributed by atoms with van der Waals surface area (Å²) in [6, 6.07) is 0. The molecule has 0 unspecified atom stereocenters. The second kappa shape index (κ2) is 4.46. The van der Waals surface area contributed by atoms with Crippen molar-refractivity contribution in [3.63, 3.8) is 0 Å². The Hall–Kier alpha value is -1.03. The van der Waals surface area contributed by atoms with Crippen molar-refractivity contribution in [1.29, 1.82) is 0 Å². The summed E-state index contributed by atoms with van der Waals surface area (Å²) in [5, 5.41) is 0. The molecule has 0 saturated heterocycles. The first kappa shape index (κ1) is 11.0. The summed E-state index contributed by atoms with van der Waals surface area (Å²) >= 11 is 0. The van der Waals surface area contributed by atoms with Crippen LogP contribution in [0.15, 0.2) is 11.6 Å². The van der Waals surface area contributed by atoms with Gasteiger partial charge < -0.3 is 0 Å². The number of allylic oxidation sites excluding steroid dienone is 2. The fraction of sp³-hybridized carbons (Fsp3) is 0.615. The minimum atomic E-state index is 0.0240. The minimum Gasteiger partial charge on any atom is -0.295 e. The molecule has 0 aromatic rings. The topological polar surface area (TPSA) is 17.1 Å². The molecule has 0 heterocycles. The molecule has 0 spiro atoms. The highest BCUT2D eigenvalue weighted by atomic mass is 16.1. The Morgan fingerprint density at radius 3 is 2.50 bits per heavy atom. The Bertz CT molecular complexity index is 304. The van der Waals surface area contributed by atoms with E-state index in [1.54, 1.807) is 6.08 Å². The van der Waals surface area contributed by atoms with Crippen molar-refractivity contribution in [2.45, 2.75) is 46.5 Å². The van der Waals surface area contributed by atoms with Gasteiger partial charge in [-0.1, -0.05) is 11.8 Å². The van der Waals surface area contributed by atoms with Crippen molar-refractivity contribution in [2.24, 2.45) is 5.41 Å². The van der Waals surface area contributed by atoms with E-state index in [1.807, 2.05) is 0 Å². The molecule has 0 aromatic carbocycles. The molecule has 76 valence electrons. The van der Waals surface area contributed by atoms with E-state index in [9.17, 15) is 4.79 Å². The van der Waals surface area contributed by atoms with Crippen molar-refractivity contribution < 1.29 is 4.79 Å². The van der Waals surface area contributed by atoms with Gasteiger partial charge in [0.05, 0.1) is 0 Å². The van der Waals surface area contributed by atoms with Gasteiger partial charge in [0.2, 0.25) is 0 Å². The van der Waals surface area contributed by atoms with Crippen LogP contribution in [0.4, 0.5) is 0 Å². The Kier molecular flexibility index (Phi) is 3.52. The number of carbonyl (C=O) groups is 1. The maximum absolute atomic E-state index is 11.3. The fourth-order valence-corrected chi connectivity index (χ4v) is 1.32. The predicted molar refractivity (Wildman–Crippen MR) is 58.8 cm³/mol. The van der Waals surface area contributed by atoms with Crippen LogP contribution < -0.4 is 0 Å². The van der Waals surface area contributed by atoms with Crippen LogP contribution in [0.3, 0.4) is 0 Å². The molecular formula is C13H18O. The molecule has 0 bridgehead atoms. The van der Waals surface area contributed by atoms with E-state index in [0.29, 0.717) is 6.42 Å². The van der Waals surface area contributed by atoms with Gasteiger partial charge in [-0.3, -0.25) is 4.79 Å². The normalized spacial score (nSPS) is 17.9. The van der Waals surface area contributed by atoms with Crippen molar-refractivity contribution in [1.82, 2.24) is 0 Å². The van der Waals surface area contributed by atoms with E-state index in [0.717, 1.165) is 24.8 Å². The molecule has 0 N–H and O–H groups in total. The second-order valence-electron chi connectivity index (χ2n) is 4.84. The summed E-state index contributed by atoms with van der Waals surface area (Å²) in [6.45, 7) is 6.25. The van der Waals surface area contributed by atoms with Crippen LogP contribution in [0.25, 0.3) is 0 Å². The van der Waals surface area contributed by atoms with Crippen LogP contribution in [0, 0.1) is 17.3 Å². The van der Waals surface area contributed by atoms with Crippen LogP contribution in [0.5, 0.6) is 0 Å². The maximum Gasteiger partial charge on any atom is 0.156 e. The highest BCUT2D eigenvalue weighted by molar-refractivity contribution is 5.91. The molecule has 1 heteroatoms. The van der Waals surface area contributed by atoms with Gasteiger partial charge in [-0.15, -0.1) is 0 Å². The standard InChI is InChI=1S/C13H18O/c1-13(2,3)9-8-11-6-4-5-7-12(14)10-11/h10H,4-7H2,1-3H3. The van der Waals surface area contributed by atoms with Crippen LogP contribution >= 0.6 is 0 Å². The first-order valence-corrected chi connectivity index (χ1v) is 5.24. The molecule has 1 rings (SSSR count). The third-order valence-corrected chi connectivity index (χ3v) is 2.05. The van der Waals surface area contributed by atoms with Gasteiger partial charge in [0, 0.05) is 17.4 Å². The summed E-state index contributed by atoms with van der Waals surface area (Å²) in [6.07, 6.45) is 5.49. The SMILES string of the molecule is CC(C)(C)C#CC1=CC(=O)CCCC1. The maximum atomic E-state index is 11.3. The lowest BCUT2D eigenvalue weighted by molar-refractivity contribution is -0.114. The van der Waals surface area contributed by atoms with E-state index in [-0.39, 0.29) is 11.2 Å². The van der Waals surface area contributed by atoms with Gasteiger partial charge in [0.15, 0.2) is 5.78 Å². The number of rotatable bonds is 0. The van der Waals surface area contributed by atoms with Crippen molar-refractivity contribution >= 4 is 5.78 Å². The number of hydrogen-bond acceptors (Lipinski definition) is 1. The third-order valence-electron chi connectivity index (χ3n) is 2.05. The minimum absolute atomic E-state index is 0.0240. The highest BCUT2D eigenvalue weighted by Gasteiger charge is 2.08. The Balaban J connectivity index is 2.75. The van der Waals surface area contributed by atoms with Crippen LogP contribution in [0.2, 0.25) is 0 Å². The fourth-order valence-electron chi connectivity index (χ4n) is 1.32. The average molecular weight is 190 g/mol. The van der Waals surface area contributed by atoms with Crippen LogP contribution in [0.1, 0.15) is 46.5 Å². The monoisotopic (exact) mass is 190 g/mol. The van der Waals surface area contributed by atoms with Gasteiger partial charge in [-0.2, -0.15) is 0 Å². The number of carbonyl (C=O) groups excluding carboxylic acids is 1. The van der Waals surface area contributed by atoms with Crippen LogP contribution in [-0.2, 0) is 4.79 Å². The second-order valence-corrected chi connectivity index (χ2v) is 4.84. The third kappa shape index (κ3) is 4.28. The molecule has 0 aliphatic heterocycles. The molecule has 0 saturated carbocycles. The first-order valence-electron chi connectivity index (χ1n) is 5.24. The van der Waals surface area contributed by atoms with E-state index in [1.165, 1.54) is 0 Å². The van der Waals surface area contributed by atoms with Crippen molar-refractivity contribution in [3.8, 4) is 11.8 Å². The molecule has 1 aliphatic rings.